The monoisotopic (exact) mass is 513 g/mol. The van der Waals surface area contributed by atoms with E-state index in [0.717, 1.165) is 25.1 Å². The molecule has 0 radical (unpaired) electrons. The number of esters is 1. The Morgan fingerprint density at radius 1 is 1.14 bits per heavy atom. The molecule has 0 saturated carbocycles. The fourth-order valence-corrected chi connectivity index (χ4v) is 4.48. The number of aromatic nitrogens is 3. The average Bonchev–Trinajstić information content (AvgIpc) is 3.53. The topological polar surface area (TPSA) is 107 Å². The number of thioether (sulfide) groups is 1. The Balaban J connectivity index is 1.37. The van der Waals surface area contributed by atoms with Gasteiger partial charge in [-0.2, -0.15) is 0 Å². The Morgan fingerprint density at radius 3 is 2.58 bits per heavy atom. The van der Waals surface area contributed by atoms with Crippen molar-refractivity contribution < 1.29 is 23.5 Å². The van der Waals surface area contributed by atoms with E-state index in [1.807, 2.05) is 4.57 Å². The van der Waals surface area contributed by atoms with Crippen LogP contribution in [0.4, 0.5) is 15.8 Å². The van der Waals surface area contributed by atoms with E-state index in [2.05, 4.69) is 20.8 Å². The highest BCUT2D eigenvalue weighted by Gasteiger charge is 2.21. The van der Waals surface area contributed by atoms with Crippen LogP contribution in [0.2, 0.25) is 0 Å². The number of halogens is 1. The van der Waals surface area contributed by atoms with Crippen LogP contribution in [0.3, 0.4) is 0 Å². The summed E-state index contributed by atoms with van der Waals surface area (Å²) in [4.78, 5) is 24.3. The maximum atomic E-state index is 13.2. The Labute approximate surface area is 212 Å². The van der Waals surface area contributed by atoms with Crippen LogP contribution in [0, 0.1) is 5.82 Å². The maximum Gasteiger partial charge on any atom is 0.338 e. The predicted octanol–water partition coefficient (Wildman–Crippen LogP) is 4.12. The molecule has 3 aromatic rings. The summed E-state index contributed by atoms with van der Waals surface area (Å²) in [5, 5.41) is 15.3. The van der Waals surface area contributed by atoms with Crippen LogP contribution in [0.15, 0.2) is 53.7 Å². The molecular weight excluding hydrogens is 485 g/mol. The summed E-state index contributed by atoms with van der Waals surface area (Å²) in [6, 6.07) is 12.7. The van der Waals surface area contributed by atoms with E-state index >= 15 is 0 Å². The van der Waals surface area contributed by atoms with Crippen LogP contribution in [-0.2, 0) is 27.4 Å². The number of nitrogens with one attached hydrogen (secondary N) is 2. The first-order valence-corrected chi connectivity index (χ1v) is 12.7. The molecular formula is C25H28FN5O4S. The number of hydrogen-bond donors (Lipinski definition) is 2. The van der Waals surface area contributed by atoms with Gasteiger partial charge in [0.15, 0.2) is 11.0 Å². The predicted molar refractivity (Wildman–Crippen MR) is 134 cm³/mol. The van der Waals surface area contributed by atoms with Crippen molar-refractivity contribution in [3.8, 4) is 0 Å². The number of carbonyl (C=O) groups is 2. The van der Waals surface area contributed by atoms with E-state index < -0.39 is 5.97 Å². The molecule has 1 aromatic heterocycles. The lowest BCUT2D eigenvalue weighted by molar-refractivity contribution is -0.113. The van der Waals surface area contributed by atoms with Gasteiger partial charge in [0, 0.05) is 18.0 Å². The highest BCUT2D eigenvalue weighted by molar-refractivity contribution is 7.99. The smallest absolute Gasteiger partial charge is 0.338 e. The number of hydrogen-bond acceptors (Lipinski definition) is 8. The Hall–Kier alpha value is -3.44. The Kier molecular flexibility index (Phi) is 8.90. The van der Waals surface area contributed by atoms with Crippen molar-refractivity contribution in [3.63, 3.8) is 0 Å². The summed E-state index contributed by atoms with van der Waals surface area (Å²) in [5.41, 5.74) is 1.78. The molecule has 4 rings (SSSR count). The van der Waals surface area contributed by atoms with E-state index in [9.17, 15) is 14.0 Å². The molecule has 1 atom stereocenters. The van der Waals surface area contributed by atoms with Gasteiger partial charge in [-0.05, 0) is 68.3 Å². The lowest BCUT2D eigenvalue weighted by Gasteiger charge is -2.15. The summed E-state index contributed by atoms with van der Waals surface area (Å²) >= 11 is 1.29. The van der Waals surface area contributed by atoms with Crippen LogP contribution in [0.5, 0.6) is 0 Å². The second-order valence-electron chi connectivity index (χ2n) is 8.14. The van der Waals surface area contributed by atoms with Gasteiger partial charge in [-0.15, -0.1) is 10.2 Å². The van der Waals surface area contributed by atoms with Gasteiger partial charge in [-0.25, -0.2) is 9.18 Å². The van der Waals surface area contributed by atoms with Crippen LogP contribution in [0.25, 0.3) is 0 Å². The summed E-state index contributed by atoms with van der Waals surface area (Å²) in [7, 11) is 0. The number of ether oxygens (including phenoxy) is 2. The number of nitrogens with zero attached hydrogens (tertiary/aromatic N) is 3. The summed E-state index contributed by atoms with van der Waals surface area (Å²) in [6.07, 6.45) is 2.03. The van der Waals surface area contributed by atoms with E-state index in [1.54, 1.807) is 43.3 Å². The minimum absolute atomic E-state index is 0.0664. The first-order chi connectivity index (χ1) is 17.5. The van der Waals surface area contributed by atoms with Crippen molar-refractivity contribution in [2.75, 3.05) is 29.6 Å². The van der Waals surface area contributed by atoms with Gasteiger partial charge in [-0.3, -0.25) is 4.79 Å². The Bertz CT molecular complexity index is 1160. The fourth-order valence-electron chi connectivity index (χ4n) is 3.71. The molecule has 2 aromatic carbocycles. The highest BCUT2D eigenvalue weighted by Crippen LogP contribution is 2.22. The molecule has 2 heterocycles. The van der Waals surface area contributed by atoms with Gasteiger partial charge in [-0.1, -0.05) is 11.8 Å². The summed E-state index contributed by atoms with van der Waals surface area (Å²) in [5.74, 6) is -0.0710. The van der Waals surface area contributed by atoms with E-state index in [0.29, 0.717) is 41.9 Å². The minimum Gasteiger partial charge on any atom is -0.462 e. The lowest BCUT2D eigenvalue weighted by atomic mass is 10.2. The van der Waals surface area contributed by atoms with Gasteiger partial charge in [0.25, 0.3) is 0 Å². The van der Waals surface area contributed by atoms with Crippen LogP contribution in [-0.4, -0.2) is 51.7 Å². The number of anilines is 2. The molecule has 9 nitrogen and oxygen atoms in total. The molecule has 1 saturated heterocycles. The molecule has 36 heavy (non-hydrogen) atoms. The number of carbonyl (C=O) groups excluding carboxylic acids is 2. The summed E-state index contributed by atoms with van der Waals surface area (Å²) < 4.78 is 25.9. The van der Waals surface area contributed by atoms with Crippen molar-refractivity contribution >= 4 is 35.0 Å². The van der Waals surface area contributed by atoms with E-state index in [4.69, 9.17) is 9.47 Å². The quantitative estimate of drug-likeness (QED) is 0.291. The van der Waals surface area contributed by atoms with Crippen LogP contribution in [0.1, 0.15) is 35.9 Å². The first kappa shape index (κ1) is 25.6. The zero-order valence-corrected chi connectivity index (χ0v) is 20.7. The van der Waals surface area contributed by atoms with E-state index in [-0.39, 0.29) is 23.6 Å². The van der Waals surface area contributed by atoms with Crippen LogP contribution >= 0.6 is 11.8 Å². The molecule has 0 aliphatic carbocycles. The second-order valence-corrected chi connectivity index (χ2v) is 9.08. The van der Waals surface area contributed by atoms with Crippen molar-refractivity contribution in [2.45, 2.75) is 44.1 Å². The Morgan fingerprint density at radius 2 is 1.89 bits per heavy atom. The van der Waals surface area contributed by atoms with Crippen LogP contribution < -0.4 is 10.6 Å². The number of amides is 1. The van der Waals surface area contributed by atoms with Crippen molar-refractivity contribution in [2.24, 2.45) is 0 Å². The molecule has 0 spiro atoms. The molecule has 1 aliphatic rings. The number of benzene rings is 2. The molecule has 1 amide bonds. The third-order valence-electron chi connectivity index (χ3n) is 5.51. The zero-order valence-electron chi connectivity index (χ0n) is 19.9. The molecule has 2 N–H and O–H groups in total. The fraction of sp³-hybridized carbons (Fsp3) is 0.360. The normalized spacial score (nSPS) is 15.0. The third kappa shape index (κ3) is 7.05. The van der Waals surface area contributed by atoms with Gasteiger partial charge in [0.2, 0.25) is 5.91 Å². The highest BCUT2D eigenvalue weighted by atomic mass is 32.2. The molecule has 190 valence electrons. The standard InChI is InChI=1S/C25H28FN5O4S/c1-2-34-24(33)17-5-9-20(10-6-17)28-23(32)16-36-25-30-29-22(31(25)15-21-4-3-13-35-21)14-27-19-11-7-18(26)8-12-19/h5-12,21,27H,2-4,13-16H2,1H3,(H,28,32)/t21-/m0/s1. The van der Waals surface area contributed by atoms with Gasteiger partial charge in [0.1, 0.15) is 5.82 Å². The molecule has 0 bridgehead atoms. The van der Waals surface area contributed by atoms with Gasteiger partial charge in [0.05, 0.1) is 37.1 Å². The van der Waals surface area contributed by atoms with Crippen molar-refractivity contribution in [1.29, 1.82) is 0 Å². The maximum absolute atomic E-state index is 13.2. The molecule has 1 fully saturated rings. The minimum atomic E-state index is -0.402. The third-order valence-corrected chi connectivity index (χ3v) is 6.48. The first-order valence-electron chi connectivity index (χ1n) is 11.7. The second kappa shape index (κ2) is 12.5. The SMILES string of the molecule is CCOC(=O)c1ccc(NC(=O)CSc2nnc(CNc3ccc(F)cc3)n2C[C@@H]2CCCO2)cc1. The molecule has 0 unspecified atom stereocenters. The largest absolute Gasteiger partial charge is 0.462 e. The molecule has 11 heteroatoms. The number of rotatable bonds is 11. The summed E-state index contributed by atoms with van der Waals surface area (Å²) in [6.45, 7) is 3.76. The van der Waals surface area contributed by atoms with Gasteiger partial charge >= 0.3 is 5.97 Å². The average molecular weight is 514 g/mol. The molecule has 1 aliphatic heterocycles. The van der Waals surface area contributed by atoms with Gasteiger partial charge < -0.3 is 24.7 Å². The van der Waals surface area contributed by atoms with Crippen molar-refractivity contribution in [3.05, 3.63) is 65.7 Å². The lowest BCUT2D eigenvalue weighted by Crippen LogP contribution is -2.20. The van der Waals surface area contributed by atoms with Crippen molar-refractivity contribution in [1.82, 2.24) is 14.8 Å². The van der Waals surface area contributed by atoms with E-state index in [1.165, 1.54) is 23.9 Å². The zero-order chi connectivity index (χ0) is 25.3.